The number of nitrogens with zero attached hydrogens (tertiary/aromatic N) is 2. The van der Waals surface area contributed by atoms with E-state index in [1.54, 1.807) is 6.07 Å². The fourth-order valence-corrected chi connectivity index (χ4v) is 13.2. The zero-order chi connectivity index (χ0) is 55.8. The molecule has 0 fully saturated rings. The number of hydrogen-bond acceptors (Lipinski definition) is 4. The minimum Gasteiger partial charge on any atom is -0.478 e. The van der Waals surface area contributed by atoms with E-state index in [2.05, 4.69) is 231 Å². The van der Waals surface area contributed by atoms with E-state index in [-0.39, 0.29) is 16.4 Å². The molecular formula is C71H72N4O3. The minimum absolute atomic E-state index is 0.147. The summed E-state index contributed by atoms with van der Waals surface area (Å²) in [6.07, 6.45) is 8.65. The predicted molar refractivity (Wildman–Crippen MR) is 326 cm³/mol. The first-order valence-electron chi connectivity index (χ1n) is 27.4. The van der Waals surface area contributed by atoms with Crippen molar-refractivity contribution in [2.24, 2.45) is 0 Å². The van der Waals surface area contributed by atoms with Gasteiger partial charge in [0.1, 0.15) is 17.1 Å². The van der Waals surface area contributed by atoms with E-state index in [1.807, 2.05) is 0 Å². The van der Waals surface area contributed by atoms with Gasteiger partial charge in [0.25, 0.3) is 0 Å². The third-order valence-electron chi connectivity index (χ3n) is 16.5. The molecule has 8 bridgehead atoms. The Morgan fingerprint density at radius 2 is 0.846 bits per heavy atom. The largest absolute Gasteiger partial charge is 0.478 e. The molecule has 0 saturated heterocycles. The summed E-state index contributed by atoms with van der Waals surface area (Å²) in [6, 6.07) is 30.7. The number of aromatic carboxylic acids is 1. The van der Waals surface area contributed by atoms with Crippen LogP contribution in [0.1, 0.15) is 161 Å². The Balaban J connectivity index is 1.35. The Hall–Kier alpha value is -8.03. The number of carboxylic acid groups (broad SMARTS) is 1. The number of carboxylic acids is 1. The van der Waals surface area contributed by atoms with Gasteiger partial charge in [-0.1, -0.05) is 127 Å². The lowest BCUT2D eigenvalue weighted by molar-refractivity contribution is 0.0693. The second-order valence-corrected chi connectivity index (χ2v) is 25.1. The molecule has 5 aromatic carbocycles. The number of rotatable bonds is 5. The number of fused-ring (bicyclic) bond motifs is 10. The van der Waals surface area contributed by atoms with Crippen molar-refractivity contribution in [1.29, 1.82) is 0 Å². The molecule has 3 aromatic heterocycles. The first-order valence-corrected chi connectivity index (χ1v) is 27.4. The van der Waals surface area contributed by atoms with Gasteiger partial charge in [-0.2, -0.15) is 0 Å². The molecule has 6 heterocycles. The third kappa shape index (κ3) is 8.54. The summed E-state index contributed by atoms with van der Waals surface area (Å²) in [5.74, 6) is -0.0351. The maximum absolute atomic E-state index is 13.5. The first-order chi connectivity index (χ1) is 36.7. The third-order valence-corrected chi connectivity index (χ3v) is 16.5. The van der Waals surface area contributed by atoms with Gasteiger partial charge >= 0.3 is 5.97 Å². The van der Waals surface area contributed by atoms with E-state index < -0.39 is 11.4 Å². The van der Waals surface area contributed by atoms with E-state index in [9.17, 15) is 9.90 Å². The van der Waals surface area contributed by atoms with Crippen molar-refractivity contribution in [1.82, 2.24) is 19.9 Å². The Bertz CT molecular complexity index is 4050. The lowest BCUT2D eigenvalue weighted by Gasteiger charge is -2.41. The molecule has 0 atom stereocenters. The zero-order valence-electron chi connectivity index (χ0n) is 48.6. The summed E-state index contributed by atoms with van der Waals surface area (Å²) in [4.78, 5) is 33.0. The lowest BCUT2D eigenvalue weighted by atomic mass is 9.67. The van der Waals surface area contributed by atoms with Gasteiger partial charge in [-0.15, -0.1) is 0 Å². The van der Waals surface area contributed by atoms with E-state index in [4.69, 9.17) is 14.7 Å². The fraction of sp³-hybridized carbons (Fsp3) is 0.282. The highest BCUT2D eigenvalue weighted by Gasteiger charge is 2.43. The second kappa shape index (κ2) is 18.3. The minimum atomic E-state index is -1.03. The number of aryl methyl sites for hydroxylation is 9. The van der Waals surface area contributed by atoms with Crippen LogP contribution in [0.2, 0.25) is 0 Å². The average molecular weight is 1030 g/mol. The molecule has 3 N–H and O–H groups in total. The Labute approximate surface area is 460 Å². The van der Waals surface area contributed by atoms with Crippen LogP contribution < -0.4 is 4.74 Å². The summed E-state index contributed by atoms with van der Waals surface area (Å²) in [6.45, 7) is 37.2. The SMILES string of the molecule is Cc1cc(C)c(-c2c3nc(c(-c4c(C)cc(C)cc4C)c4ccc([nH]4)c(-c4c(C)cc(C)cc4C)c4nc(c(-c5ccc(C(C)(C)C)c6c5Oc5c(C(=O)O)cc(C(C)(C)C)cc5C6(C)C)c5ccc2[nH]5)C=C4)C=C3)c(C)c1. The van der Waals surface area contributed by atoms with Gasteiger partial charge < -0.3 is 19.8 Å². The zero-order valence-corrected chi connectivity index (χ0v) is 48.6. The number of hydrogen-bond donors (Lipinski definition) is 3. The van der Waals surface area contributed by atoms with Crippen LogP contribution in [0.25, 0.3) is 90.9 Å². The van der Waals surface area contributed by atoms with Gasteiger partial charge in [0.05, 0.1) is 22.8 Å². The van der Waals surface area contributed by atoms with Gasteiger partial charge in [0.15, 0.2) is 0 Å². The topological polar surface area (TPSA) is 104 Å². The Kier molecular flexibility index (Phi) is 12.2. The Morgan fingerprint density at radius 3 is 1.21 bits per heavy atom. The highest BCUT2D eigenvalue weighted by atomic mass is 16.5. The average Bonchev–Trinajstić information content (AvgIpc) is 4.21. The number of nitrogens with one attached hydrogen (secondary N) is 2. The van der Waals surface area contributed by atoms with Crippen molar-refractivity contribution >= 4 is 52.3 Å². The van der Waals surface area contributed by atoms with Crippen LogP contribution in [0.5, 0.6) is 11.5 Å². The van der Waals surface area contributed by atoms with Crippen molar-refractivity contribution in [3.63, 3.8) is 0 Å². The summed E-state index contributed by atoms with van der Waals surface area (Å²) >= 11 is 0. The molecule has 0 aliphatic carbocycles. The van der Waals surface area contributed by atoms with Gasteiger partial charge in [0.2, 0.25) is 0 Å². The van der Waals surface area contributed by atoms with E-state index in [1.165, 1.54) is 27.8 Å². The number of aromatic nitrogens is 4. The monoisotopic (exact) mass is 1030 g/mol. The highest BCUT2D eigenvalue weighted by Crippen LogP contribution is 2.57. The number of ether oxygens (including phenoxy) is 1. The van der Waals surface area contributed by atoms with Crippen LogP contribution in [0, 0.1) is 62.3 Å². The molecule has 394 valence electrons. The first kappa shape index (κ1) is 52.0. The number of carbonyl (C=O) groups is 1. The maximum atomic E-state index is 13.5. The summed E-state index contributed by atoms with van der Waals surface area (Å²) in [5, 5.41) is 11.0. The molecule has 11 rings (SSSR count). The molecule has 0 amide bonds. The van der Waals surface area contributed by atoms with Gasteiger partial charge in [-0.3, -0.25) is 0 Å². The summed E-state index contributed by atoms with van der Waals surface area (Å²) < 4.78 is 7.33. The second-order valence-electron chi connectivity index (χ2n) is 25.1. The number of benzene rings is 5. The summed E-state index contributed by atoms with van der Waals surface area (Å²) in [5.41, 5.74) is 28.4. The smallest absolute Gasteiger partial charge is 0.339 e. The van der Waals surface area contributed by atoms with Crippen molar-refractivity contribution in [3.8, 4) is 56.0 Å². The molecule has 3 aliphatic heterocycles. The molecule has 0 unspecified atom stereocenters. The Morgan fingerprint density at radius 1 is 0.474 bits per heavy atom. The highest BCUT2D eigenvalue weighted by molar-refractivity contribution is 6.03. The van der Waals surface area contributed by atoms with Crippen LogP contribution in [-0.4, -0.2) is 31.0 Å². The van der Waals surface area contributed by atoms with Gasteiger partial charge in [0, 0.05) is 66.4 Å². The van der Waals surface area contributed by atoms with Crippen molar-refractivity contribution in [2.75, 3.05) is 0 Å². The molecular weight excluding hydrogens is 957 g/mol. The van der Waals surface area contributed by atoms with Crippen molar-refractivity contribution in [2.45, 2.75) is 134 Å². The van der Waals surface area contributed by atoms with Gasteiger partial charge in [-0.05, 0) is 189 Å². The van der Waals surface area contributed by atoms with Crippen LogP contribution in [-0.2, 0) is 16.2 Å². The fourth-order valence-electron chi connectivity index (χ4n) is 13.2. The van der Waals surface area contributed by atoms with Crippen LogP contribution in [0.4, 0.5) is 0 Å². The summed E-state index contributed by atoms with van der Waals surface area (Å²) in [7, 11) is 0. The standard InChI is InChI=1S/C71H72N4O3/c1-36-28-39(4)58(40(5)29-36)62-52-22-20-50(72-52)61(46-18-19-48(70(13,14)15)65-67(46)78-66-47(68(76)77)34-45(69(10,11)12)35-49(66)71(65,16)17)51-21-23-53(73-51)63(59-41(6)30-37(2)31-42(59)7)55-25-27-57(75-55)64(56-26-24-54(62)74-56)60-43(8)32-38(3)33-44(60)9/h18-35,72,75H,1-17H3,(H,76,77). The molecule has 3 aliphatic rings. The lowest BCUT2D eigenvalue weighted by Crippen LogP contribution is -2.31. The molecule has 0 saturated carbocycles. The van der Waals surface area contributed by atoms with Crippen LogP contribution in [0.3, 0.4) is 0 Å². The predicted octanol–water partition coefficient (Wildman–Crippen LogP) is 18.8. The maximum Gasteiger partial charge on any atom is 0.339 e. The quantitative estimate of drug-likeness (QED) is 0.159. The van der Waals surface area contributed by atoms with Crippen molar-refractivity contribution < 1.29 is 14.6 Å². The normalized spacial score (nSPS) is 13.7. The molecule has 7 nitrogen and oxygen atoms in total. The van der Waals surface area contributed by atoms with E-state index in [0.717, 1.165) is 134 Å². The van der Waals surface area contributed by atoms with E-state index >= 15 is 0 Å². The van der Waals surface area contributed by atoms with Gasteiger partial charge in [-0.25, -0.2) is 14.8 Å². The van der Waals surface area contributed by atoms with Crippen molar-refractivity contribution in [3.05, 3.63) is 186 Å². The molecule has 0 spiro atoms. The molecule has 78 heavy (non-hydrogen) atoms. The molecule has 7 heteroatoms. The molecule has 0 radical (unpaired) electrons. The molecule has 8 aromatic rings. The number of H-pyrrole nitrogens is 2. The van der Waals surface area contributed by atoms with Crippen LogP contribution >= 0.6 is 0 Å². The van der Waals surface area contributed by atoms with Crippen LogP contribution in [0.15, 0.2) is 84.9 Å². The van der Waals surface area contributed by atoms with E-state index in [0.29, 0.717) is 11.5 Å². The number of aromatic amines is 2.